The van der Waals surface area contributed by atoms with E-state index in [1.165, 1.54) is 29.2 Å². The average Bonchev–Trinajstić information content (AvgIpc) is 2.85. The number of hydrogen-bond acceptors (Lipinski definition) is 9. The molecule has 0 amide bonds. The number of thioether (sulfide) groups is 1. The molecule has 3 rings (SSSR count). The normalized spacial score (nSPS) is 17.2. The Hall–Kier alpha value is -1.78. The van der Waals surface area contributed by atoms with Crippen molar-refractivity contribution in [2.24, 2.45) is 0 Å². The van der Waals surface area contributed by atoms with Crippen molar-refractivity contribution in [3.8, 4) is 11.5 Å². The summed E-state index contributed by atoms with van der Waals surface area (Å²) in [5.74, 6) is 0.0603. The van der Waals surface area contributed by atoms with Gasteiger partial charge in [0, 0.05) is 0 Å². The summed E-state index contributed by atoms with van der Waals surface area (Å²) in [5.41, 5.74) is 6.32. The number of carbonyl (C=O) groups is 1. The Morgan fingerprint density at radius 2 is 2.33 bits per heavy atom. The number of nitrogens with two attached hydrogens (primary N) is 1. The van der Waals surface area contributed by atoms with E-state index in [4.69, 9.17) is 10.4 Å². The maximum Gasteiger partial charge on any atom is 0.537 e. The highest BCUT2D eigenvalue weighted by molar-refractivity contribution is 8.02. The predicted molar refractivity (Wildman–Crippen MR) is 79.8 cm³/mol. The van der Waals surface area contributed by atoms with E-state index in [1.54, 1.807) is 6.07 Å². The lowest BCUT2D eigenvalue weighted by Crippen LogP contribution is -2.40. The molecule has 2 heterocycles. The molecule has 4 N–H and O–H groups in total. The first-order valence-corrected chi connectivity index (χ1v) is 7.68. The van der Waals surface area contributed by atoms with Crippen molar-refractivity contribution in [2.75, 3.05) is 5.73 Å². The minimum absolute atomic E-state index is 0.0511. The van der Waals surface area contributed by atoms with Crippen LogP contribution in [0.2, 0.25) is 0 Å². The van der Waals surface area contributed by atoms with E-state index in [0.717, 1.165) is 5.56 Å². The van der Waals surface area contributed by atoms with Gasteiger partial charge in [0.2, 0.25) is 5.13 Å². The fraction of sp³-hybridized carbons (Fsp3) is 0.182. The van der Waals surface area contributed by atoms with Crippen molar-refractivity contribution in [1.29, 1.82) is 0 Å². The maximum atomic E-state index is 11.0. The molecular weight excluding hydrogens is 313 g/mol. The third kappa shape index (κ3) is 2.69. The van der Waals surface area contributed by atoms with Crippen molar-refractivity contribution in [2.45, 2.75) is 15.9 Å². The van der Waals surface area contributed by atoms with Gasteiger partial charge >= 0.3 is 7.12 Å². The molecule has 0 fully saturated rings. The number of fused-ring (bicyclic) bond motifs is 1. The van der Waals surface area contributed by atoms with Gasteiger partial charge in [0.05, 0.1) is 10.7 Å². The van der Waals surface area contributed by atoms with Gasteiger partial charge in [0.15, 0.2) is 10.6 Å². The van der Waals surface area contributed by atoms with Crippen LogP contribution in [0.25, 0.3) is 0 Å². The van der Waals surface area contributed by atoms with Crippen LogP contribution in [0.1, 0.15) is 15.9 Å². The largest absolute Gasteiger partial charge is 0.537 e. The molecule has 0 bridgehead atoms. The van der Waals surface area contributed by atoms with Gasteiger partial charge < -0.3 is 20.5 Å². The zero-order chi connectivity index (χ0) is 15.0. The summed E-state index contributed by atoms with van der Waals surface area (Å²) in [6, 6.07) is 3.11. The Morgan fingerprint density at radius 3 is 3.00 bits per heavy atom. The second-order valence-electron chi connectivity index (χ2n) is 4.38. The van der Waals surface area contributed by atoms with Gasteiger partial charge in [-0.15, -0.1) is 10.2 Å². The Balaban J connectivity index is 1.87. The zero-order valence-electron chi connectivity index (χ0n) is 10.6. The average molecular weight is 323 g/mol. The van der Waals surface area contributed by atoms with E-state index in [1.807, 2.05) is 0 Å². The Bertz CT molecular complexity index is 696. The van der Waals surface area contributed by atoms with Gasteiger partial charge in [-0.25, -0.2) is 0 Å². The van der Waals surface area contributed by atoms with Gasteiger partial charge in [0.25, 0.3) is 0 Å². The number of rotatable bonds is 3. The lowest BCUT2D eigenvalue weighted by atomic mass is 9.77. The molecule has 21 heavy (non-hydrogen) atoms. The third-order valence-corrected chi connectivity index (χ3v) is 5.10. The van der Waals surface area contributed by atoms with Crippen LogP contribution >= 0.6 is 23.1 Å². The molecule has 1 unspecified atom stereocenters. The van der Waals surface area contributed by atoms with E-state index < -0.39 is 7.12 Å². The predicted octanol–water partition coefficient (Wildman–Crippen LogP) is 0.754. The van der Waals surface area contributed by atoms with Crippen LogP contribution in [-0.2, 0) is 6.42 Å². The Morgan fingerprint density at radius 1 is 1.52 bits per heavy atom. The number of anilines is 1. The topological polar surface area (TPSA) is 119 Å². The quantitative estimate of drug-likeness (QED) is 0.559. The Labute approximate surface area is 128 Å². The molecule has 0 aliphatic carbocycles. The third-order valence-electron chi connectivity index (χ3n) is 3.02. The number of phenolic OH excluding ortho intramolecular Hbond substituents is 1. The van der Waals surface area contributed by atoms with E-state index >= 15 is 0 Å². The van der Waals surface area contributed by atoms with Crippen LogP contribution in [0.3, 0.4) is 0 Å². The summed E-state index contributed by atoms with van der Waals surface area (Å²) in [6.07, 6.45) is 0.988. The summed E-state index contributed by atoms with van der Waals surface area (Å²) >= 11 is 2.54. The molecule has 0 saturated heterocycles. The lowest BCUT2D eigenvalue weighted by molar-refractivity contribution is 0.111. The van der Waals surface area contributed by atoms with Crippen molar-refractivity contribution < 1.29 is 19.6 Å². The van der Waals surface area contributed by atoms with Crippen LogP contribution in [0, 0.1) is 0 Å². The number of aromatic hydroxyl groups is 1. The van der Waals surface area contributed by atoms with Gasteiger partial charge in [-0.2, -0.15) is 0 Å². The molecule has 1 aromatic carbocycles. The van der Waals surface area contributed by atoms with Crippen LogP contribution in [-0.4, -0.2) is 38.9 Å². The lowest BCUT2D eigenvalue weighted by Gasteiger charge is -2.27. The fourth-order valence-corrected chi connectivity index (χ4v) is 4.00. The van der Waals surface area contributed by atoms with Crippen LogP contribution in [0.15, 0.2) is 16.5 Å². The zero-order valence-corrected chi connectivity index (χ0v) is 12.2. The molecule has 2 aromatic rings. The molecular formula is C11H10BN3O4S2. The molecule has 7 nitrogen and oxygen atoms in total. The molecule has 0 radical (unpaired) electrons. The summed E-state index contributed by atoms with van der Waals surface area (Å²) in [6.45, 7) is 0. The second-order valence-corrected chi connectivity index (χ2v) is 6.87. The molecule has 0 spiro atoms. The van der Waals surface area contributed by atoms with Gasteiger partial charge in [-0.05, 0) is 18.1 Å². The van der Waals surface area contributed by atoms with Crippen molar-refractivity contribution in [3.63, 3.8) is 0 Å². The summed E-state index contributed by atoms with van der Waals surface area (Å²) in [4.78, 5) is 11.0. The van der Waals surface area contributed by atoms with E-state index in [0.29, 0.717) is 22.2 Å². The minimum atomic E-state index is -1.12. The number of aldehydes is 1. The molecule has 1 aromatic heterocycles. The monoisotopic (exact) mass is 323 g/mol. The molecule has 1 aliphatic rings. The summed E-state index contributed by atoms with van der Waals surface area (Å²) in [7, 11) is -1.12. The highest BCUT2D eigenvalue weighted by atomic mass is 32.2. The number of nitrogen functional groups attached to an aromatic ring is 1. The van der Waals surface area contributed by atoms with Gasteiger partial charge in [0.1, 0.15) is 11.5 Å². The maximum absolute atomic E-state index is 11.0. The standard InChI is InChI=1S/C11H10BN3O4S2/c13-10-14-15-11(21-10)20-8-3-5-1-2-7(17)6(4-16)9(5)19-12(8)18/h1-2,4,8,17-18H,3H2,(H2,13,14). The van der Waals surface area contributed by atoms with Crippen molar-refractivity contribution in [3.05, 3.63) is 23.3 Å². The Kier molecular flexibility index (Phi) is 3.74. The summed E-state index contributed by atoms with van der Waals surface area (Å²) in [5, 5.41) is 27.4. The molecule has 1 atom stereocenters. The molecule has 0 saturated carbocycles. The van der Waals surface area contributed by atoms with E-state index in [2.05, 4.69) is 10.2 Å². The van der Waals surface area contributed by atoms with Gasteiger partial charge in [-0.3, -0.25) is 4.79 Å². The first-order chi connectivity index (χ1) is 10.1. The highest BCUT2D eigenvalue weighted by Gasteiger charge is 2.37. The number of phenols is 1. The highest BCUT2D eigenvalue weighted by Crippen LogP contribution is 2.39. The van der Waals surface area contributed by atoms with Crippen molar-refractivity contribution in [1.82, 2.24) is 10.2 Å². The van der Waals surface area contributed by atoms with E-state index in [9.17, 15) is 14.9 Å². The SMILES string of the molecule is Nc1nnc(SC2Cc3ccc(O)c(C=O)c3OB2O)s1. The minimum Gasteiger partial charge on any atom is -0.535 e. The first-order valence-electron chi connectivity index (χ1n) is 5.99. The second kappa shape index (κ2) is 5.55. The number of hydrogen-bond donors (Lipinski definition) is 3. The van der Waals surface area contributed by atoms with Crippen LogP contribution in [0.5, 0.6) is 11.5 Å². The molecule has 108 valence electrons. The number of aromatic nitrogens is 2. The van der Waals surface area contributed by atoms with Gasteiger partial charge in [-0.1, -0.05) is 29.2 Å². The van der Waals surface area contributed by atoms with Crippen LogP contribution < -0.4 is 10.4 Å². The smallest absolute Gasteiger partial charge is 0.535 e. The first kappa shape index (κ1) is 14.2. The number of benzene rings is 1. The molecule has 10 heteroatoms. The van der Waals surface area contributed by atoms with E-state index in [-0.39, 0.29) is 22.2 Å². The number of nitrogens with zero attached hydrogens (tertiary/aromatic N) is 2. The van der Waals surface area contributed by atoms with Crippen molar-refractivity contribution >= 4 is 41.6 Å². The number of carbonyl (C=O) groups excluding carboxylic acids is 1. The van der Waals surface area contributed by atoms with Crippen LogP contribution in [0.4, 0.5) is 5.13 Å². The fourth-order valence-electron chi connectivity index (χ4n) is 2.06. The summed E-state index contributed by atoms with van der Waals surface area (Å²) < 4.78 is 6.03. The molecule has 1 aliphatic heterocycles.